The first kappa shape index (κ1) is 11.5. The molecule has 1 heterocycles. The third-order valence-corrected chi connectivity index (χ3v) is 3.51. The van der Waals surface area contributed by atoms with Crippen LogP contribution in [-0.4, -0.2) is 17.7 Å². The molecule has 1 aliphatic rings. The van der Waals surface area contributed by atoms with Crippen molar-refractivity contribution in [3.63, 3.8) is 0 Å². The third-order valence-electron chi connectivity index (χ3n) is 3.51. The molecule has 88 valence electrons. The van der Waals surface area contributed by atoms with Crippen molar-refractivity contribution in [2.45, 2.75) is 45.3 Å². The minimum atomic E-state index is -0.368. The monoisotopic (exact) mass is 219 g/mol. The molecule has 0 spiro atoms. The minimum absolute atomic E-state index is 0.368. The first-order valence-corrected chi connectivity index (χ1v) is 6.23. The van der Waals surface area contributed by atoms with Crippen LogP contribution in [0.5, 0.6) is 0 Å². The first-order valence-electron chi connectivity index (χ1n) is 6.23. The van der Waals surface area contributed by atoms with E-state index < -0.39 is 0 Å². The Hall–Kier alpha value is -1.02. The van der Waals surface area contributed by atoms with Gasteiger partial charge in [0.2, 0.25) is 0 Å². The van der Waals surface area contributed by atoms with Crippen LogP contribution in [0.25, 0.3) is 0 Å². The van der Waals surface area contributed by atoms with Gasteiger partial charge in [0.15, 0.2) is 0 Å². The Kier molecular flexibility index (Phi) is 3.49. The lowest BCUT2D eigenvalue weighted by Crippen LogP contribution is -2.37. The van der Waals surface area contributed by atoms with E-state index in [1.165, 1.54) is 24.9 Å². The van der Waals surface area contributed by atoms with Crippen LogP contribution in [0.4, 0.5) is 5.69 Å². The Morgan fingerprint density at radius 1 is 1.25 bits per heavy atom. The Morgan fingerprint density at radius 2 is 1.94 bits per heavy atom. The summed E-state index contributed by atoms with van der Waals surface area (Å²) in [4.78, 5) is 2.47. The number of anilines is 1. The van der Waals surface area contributed by atoms with E-state index in [1.54, 1.807) is 6.92 Å². The first-order chi connectivity index (χ1) is 7.68. The largest absolute Gasteiger partial charge is 0.389 e. The lowest BCUT2D eigenvalue weighted by molar-refractivity contribution is 0.199. The van der Waals surface area contributed by atoms with Gasteiger partial charge in [-0.1, -0.05) is 12.1 Å². The van der Waals surface area contributed by atoms with Gasteiger partial charge in [-0.15, -0.1) is 0 Å². The normalized spacial score (nSPS) is 23.2. The van der Waals surface area contributed by atoms with E-state index in [-0.39, 0.29) is 6.10 Å². The van der Waals surface area contributed by atoms with Crippen LogP contribution in [0.1, 0.15) is 44.8 Å². The Morgan fingerprint density at radius 3 is 2.50 bits per heavy atom. The van der Waals surface area contributed by atoms with Gasteiger partial charge in [-0.3, -0.25) is 0 Å². The molecule has 1 aromatic carbocycles. The van der Waals surface area contributed by atoms with Gasteiger partial charge in [-0.05, 0) is 50.8 Å². The maximum atomic E-state index is 9.46. The molecule has 2 heteroatoms. The van der Waals surface area contributed by atoms with Gasteiger partial charge in [0, 0.05) is 18.3 Å². The van der Waals surface area contributed by atoms with Gasteiger partial charge in [0.05, 0.1) is 6.10 Å². The molecular formula is C14H21NO. The molecule has 2 nitrogen and oxygen atoms in total. The van der Waals surface area contributed by atoms with Crippen LogP contribution in [0.3, 0.4) is 0 Å². The summed E-state index contributed by atoms with van der Waals surface area (Å²) in [6, 6.07) is 8.96. The Bertz CT molecular complexity index is 331. The van der Waals surface area contributed by atoms with E-state index in [9.17, 15) is 5.11 Å². The maximum Gasteiger partial charge on any atom is 0.0761 e. The molecule has 0 aromatic heterocycles. The standard InChI is InChI=1S/C14H21NO/c1-11-5-3-4-10-15(11)14-8-6-13(7-9-14)12(2)16/h6-9,11-12,16H,3-5,10H2,1-2H3. The number of rotatable bonds is 2. The zero-order valence-electron chi connectivity index (χ0n) is 10.2. The number of piperidine rings is 1. The highest BCUT2D eigenvalue weighted by atomic mass is 16.3. The Balaban J connectivity index is 2.14. The van der Waals surface area contributed by atoms with Crippen LogP contribution in [0.2, 0.25) is 0 Å². The molecular weight excluding hydrogens is 198 g/mol. The number of hydrogen-bond donors (Lipinski definition) is 1. The molecule has 1 aromatic rings. The van der Waals surface area contributed by atoms with Crippen molar-refractivity contribution in [3.8, 4) is 0 Å². The average molecular weight is 219 g/mol. The molecule has 0 bridgehead atoms. The molecule has 16 heavy (non-hydrogen) atoms. The summed E-state index contributed by atoms with van der Waals surface area (Å²) in [5.74, 6) is 0. The number of nitrogens with zero attached hydrogens (tertiary/aromatic N) is 1. The lowest BCUT2D eigenvalue weighted by Gasteiger charge is -2.35. The van der Waals surface area contributed by atoms with Crippen molar-refractivity contribution in [1.82, 2.24) is 0 Å². The predicted molar refractivity (Wildman–Crippen MR) is 67.7 cm³/mol. The molecule has 0 radical (unpaired) electrons. The summed E-state index contributed by atoms with van der Waals surface area (Å²) in [5.41, 5.74) is 2.28. The second-order valence-corrected chi connectivity index (χ2v) is 4.81. The van der Waals surface area contributed by atoms with Gasteiger partial charge in [-0.2, -0.15) is 0 Å². The summed E-state index contributed by atoms with van der Waals surface area (Å²) < 4.78 is 0. The SMILES string of the molecule is CC(O)c1ccc(N2CCCCC2C)cc1. The summed E-state index contributed by atoms with van der Waals surface area (Å²) >= 11 is 0. The molecule has 1 N–H and O–H groups in total. The highest BCUT2D eigenvalue weighted by molar-refractivity contribution is 5.49. The van der Waals surface area contributed by atoms with E-state index in [0.717, 1.165) is 12.1 Å². The van der Waals surface area contributed by atoms with Crippen molar-refractivity contribution >= 4 is 5.69 Å². The number of benzene rings is 1. The van der Waals surface area contributed by atoms with E-state index in [1.807, 2.05) is 12.1 Å². The second kappa shape index (κ2) is 4.88. The van der Waals surface area contributed by atoms with Crippen molar-refractivity contribution in [3.05, 3.63) is 29.8 Å². The van der Waals surface area contributed by atoms with Crippen molar-refractivity contribution in [2.24, 2.45) is 0 Å². The number of hydrogen-bond acceptors (Lipinski definition) is 2. The summed E-state index contributed by atoms with van der Waals surface area (Å²) in [5, 5.41) is 9.46. The summed E-state index contributed by atoms with van der Waals surface area (Å²) in [6.45, 7) is 5.26. The quantitative estimate of drug-likeness (QED) is 0.826. The van der Waals surface area contributed by atoms with E-state index in [2.05, 4.69) is 24.0 Å². The number of aliphatic hydroxyl groups is 1. The summed E-state index contributed by atoms with van der Waals surface area (Å²) in [6.07, 6.45) is 3.57. The van der Waals surface area contributed by atoms with Gasteiger partial charge in [-0.25, -0.2) is 0 Å². The average Bonchev–Trinajstić information content (AvgIpc) is 2.30. The molecule has 0 saturated carbocycles. The van der Waals surface area contributed by atoms with E-state index in [4.69, 9.17) is 0 Å². The molecule has 2 rings (SSSR count). The topological polar surface area (TPSA) is 23.5 Å². The fraction of sp³-hybridized carbons (Fsp3) is 0.571. The van der Waals surface area contributed by atoms with Crippen LogP contribution in [-0.2, 0) is 0 Å². The van der Waals surface area contributed by atoms with Crippen LogP contribution >= 0.6 is 0 Å². The highest BCUT2D eigenvalue weighted by Crippen LogP contribution is 2.25. The molecule has 0 aliphatic carbocycles. The fourth-order valence-electron chi connectivity index (χ4n) is 2.43. The van der Waals surface area contributed by atoms with Gasteiger partial charge in [0.25, 0.3) is 0 Å². The second-order valence-electron chi connectivity index (χ2n) is 4.81. The molecule has 2 unspecified atom stereocenters. The van der Waals surface area contributed by atoms with Crippen LogP contribution in [0.15, 0.2) is 24.3 Å². The minimum Gasteiger partial charge on any atom is -0.389 e. The summed E-state index contributed by atoms with van der Waals surface area (Å²) in [7, 11) is 0. The van der Waals surface area contributed by atoms with E-state index >= 15 is 0 Å². The van der Waals surface area contributed by atoms with Gasteiger partial charge >= 0.3 is 0 Å². The lowest BCUT2D eigenvalue weighted by atomic mass is 10.0. The van der Waals surface area contributed by atoms with Crippen LogP contribution in [0, 0.1) is 0 Å². The zero-order chi connectivity index (χ0) is 11.5. The van der Waals surface area contributed by atoms with Crippen molar-refractivity contribution in [1.29, 1.82) is 0 Å². The molecule has 1 fully saturated rings. The smallest absolute Gasteiger partial charge is 0.0761 e. The zero-order valence-corrected chi connectivity index (χ0v) is 10.2. The van der Waals surface area contributed by atoms with Gasteiger partial charge < -0.3 is 10.0 Å². The maximum absolute atomic E-state index is 9.46. The third kappa shape index (κ3) is 2.38. The van der Waals surface area contributed by atoms with Crippen molar-refractivity contribution in [2.75, 3.05) is 11.4 Å². The number of aliphatic hydroxyl groups excluding tert-OH is 1. The molecule has 2 atom stereocenters. The predicted octanol–water partition coefficient (Wildman–Crippen LogP) is 3.12. The van der Waals surface area contributed by atoms with Gasteiger partial charge in [0.1, 0.15) is 0 Å². The molecule has 1 aliphatic heterocycles. The fourth-order valence-corrected chi connectivity index (χ4v) is 2.43. The highest BCUT2D eigenvalue weighted by Gasteiger charge is 2.18. The molecule has 1 saturated heterocycles. The van der Waals surface area contributed by atoms with E-state index in [0.29, 0.717) is 6.04 Å². The molecule has 0 amide bonds. The van der Waals surface area contributed by atoms with Crippen molar-refractivity contribution < 1.29 is 5.11 Å². The van der Waals surface area contributed by atoms with Crippen LogP contribution < -0.4 is 4.90 Å². The Labute approximate surface area is 97.9 Å².